The number of nitrogens with zero attached hydrogens (tertiary/aromatic N) is 3. The number of fused-ring (bicyclic) bond motifs is 1. The number of aromatic nitrogens is 1. The molecule has 2 saturated heterocycles. The zero-order valence-electron chi connectivity index (χ0n) is 15.1. The number of rotatable bonds is 5. The van der Waals surface area contributed by atoms with Gasteiger partial charge >= 0.3 is 0 Å². The molecule has 3 atom stereocenters. The first-order valence-corrected chi connectivity index (χ1v) is 9.21. The topological polar surface area (TPSA) is 41.7 Å². The van der Waals surface area contributed by atoms with E-state index in [4.69, 9.17) is 9.15 Å². The molecule has 0 saturated carbocycles. The van der Waals surface area contributed by atoms with E-state index in [0.29, 0.717) is 12.1 Å². The van der Waals surface area contributed by atoms with Gasteiger partial charge in [-0.15, -0.1) is 0 Å². The van der Waals surface area contributed by atoms with E-state index in [9.17, 15) is 0 Å². The van der Waals surface area contributed by atoms with Crippen molar-refractivity contribution >= 4 is 0 Å². The van der Waals surface area contributed by atoms with Crippen LogP contribution >= 0.6 is 0 Å². The molecular weight excluding hydrogens is 314 g/mol. The van der Waals surface area contributed by atoms with Gasteiger partial charge in [0.1, 0.15) is 11.5 Å². The molecule has 0 unspecified atom stereocenters. The van der Waals surface area contributed by atoms with Crippen LogP contribution < -0.4 is 0 Å². The fourth-order valence-electron chi connectivity index (χ4n) is 4.26. The number of ether oxygens (including phenoxy) is 1. The number of hydrogen-bond donors (Lipinski definition) is 0. The summed E-state index contributed by atoms with van der Waals surface area (Å²) in [6.07, 6.45) is 6.42. The number of likely N-dealkylation sites (N-methyl/N-ethyl adjacent to an activating group) is 1. The predicted octanol–water partition coefficient (Wildman–Crippen LogP) is 2.85. The van der Waals surface area contributed by atoms with E-state index in [-0.39, 0.29) is 6.10 Å². The van der Waals surface area contributed by atoms with Crippen molar-refractivity contribution in [1.82, 2.24) is 14.8 Å². The Hall–Kier alpha value is -1.69. The number of aryl methyl sites for hydroxylation is 1. The van der Waals surface area contributed by atoms with E-state index in [1.54, 1.807) is 0 Å². The van der Waals surface area contributed by atoms with Crippen molar-refractivity contribution < 1.29 is 9.15 Å². The minimum atomic E-state index is 0.284. The molecule has 2 aromatic heterocycles. The molecule has 0 N–H and O–H groups in total. The highest BCUT2D eigenvalue weighted by atomic mass is 16.5. The SMILES string of the molecule is Cc1ccc(CN2C[C@@H](N(C)Cc3cccnc3)[C@H]3OCCC[C@H]32)o1. The summed E-state index contributed by atoms with van der Waals surface area (Å²) in [4.78, 5) is 9.21. The Bertz CT molecular complexity index is 687. The fourth-order valence-corrected chi connectivity index (χ4v) is 4.26. The first kappa shape index (κ1) is 16.8. The zero-order valence-corrected chi connectivity index (χ0v) is 15.1. The largest absolute Gasteiger partial charge is 0.465 e. The second-order valence-electron chi connectivity index (χ2n) is 7.33. The molecule has 0 amide bonds. The Labute approximate surface area is 149 Å². The van der Waals surface area contributed by atoms with Gasteiger partial charge in [0, 0.05) is 38.1 Å². The zero-order chi connectivity index (χ0) is 17.2. The molecule has 5 heteroatoms. The first-order valence-electron chi connectivity index (χ1n) is 9.21. The van der Waals surface area contributed by atoms with Crippen molar-refractivity contribution in [3.63, 3.8) is 0 Å². The molecule has 4 heterocycles. The van der Waals surface area contributed by atoms with E-state index in [0.717, 1.165) is 44.2 Å². The predicted molar refractivity (Wildman–Crippen MR) is 96.1 cm³/mol. The maximum Gasteiger partial charge on any atom is 0.118 e. The molecule has 2 fully saturated rings. The molecule has 0 radical (unpaired) electrons. The van der Waals surface area contributed by atoms with Crippen LogP contribution in [0.25, 0.3) is 0 Å². The quantitative estimate of drug-likeness (QED) is 0.836. The lowest BCUT2D eigenvalue weighted by Gasteiger charge is -2.34. The van der Waals surface area contributed by atoms with Gasteiger partial charge in [-0.25, -0.2) is 0 Å². The van der Waals surface area contributed by atoms with Crippen LogP contribution in [0.2, 0.25) is 0 Å². The van der Waals surface area contributed by atoms with Crippen LogP contribution in [0, 0.1) is 6.92 Å². The van der Waals surface area contributed by atoms with Crippen molar-refractivity contribution in [2.24, 2.45) is 0 Å². The summed E-state index contributed by atoms with van der Waals surface area (Å²) in [5, 5.41) is 0. The Morgan fingerprint density at radius 1 is 1.32 bits per heavy atom. The van der Waals surface area contributed by atoms with Crippen molar-refractivity contribution in [1.29, 1.82) is 0 Å². The van der Waals surface area contributed by atoms with Gasteiger partial charge in [0.15, 0.2) is 0 Å². The molecule has 0 aliphatic carbocycles. The second kappa shape index (κ2) is 7.28. The molecule has 0 spiro atoms. The lowest BCUT2D eigenvalue weighted by Crippen LogP contribution is -2.46. The smallest absolute Gasteiger partial charge is 0.118 e. The highest BCUT2D eigenvalue weighted by Gasteiger charge is 2.45. The summed E-state index contributed by atoms with van der Waals surface area (Å²) < 4.78 is 12.0. The fraction of sp³-hybridized carbons (Fsp3) is 0.550. The highest BCUT2D eigenvalue weighted by molar-refractivity contribution is 5.11. The summed E-state index contributed by atoms with van der Waals surface area (Å²) >= 11 is 0. The maximum atomic E-state index is 6.22. The first-order chi connectivity index (χ1) is 12.2. The van der Waals surface area contributed by atoms with Crippen LogP contribution in [0.3, 0.4) is 0 Å². The number of likely N-dealkylation sites (tertiary alicyclic amines) is 1. The lowest BCUT2D eigenvalue weighted by atomic mass is 10.00. The van der Waals surface area contributed by atoms with Crippen molar-refractivity contribution in [2.45, 2.75) is 51.0 Å². The van der Waals surface area contributed by atoms with E-state index >= 15 is 0 Å². The third kappa shape index (κ3) is 3.64. The average molecular weight is 341 g/mol. The molecule has 2 aliphatic heterocycles. The third-order valence-corrected chi connectivity index (χ3v) is 5.48. The van der Waals surface area contributed by atoms with Crippen LogP contribution in [0.1, 0.15) is 29.9 Å². The van der Waals surface area contributed by atoms with Crippen LogP contribution in [-0.4, -0.2) is 53.2 Å². The molecule has 2 aromatic rings. The van der Waals surface area contributed by atoms with Gasteiger partial charge < -0.3 is 9.15 Å². The third-order valence-electron chi connectivity index (χ3n) is 5.48. The van der Waals surface area contributed by atoms with E-state index in [2.05, 4.69) is 34.0 Å². The Morgan fingerprint density at radius 2 is 2.24 bits per heavy atom. The molecule has 5 nitrogen and oxygen atoms in total. The van der Waals surface area contributed by atoms with E-state index < -0.39 is 0 Å². The Balaban J connectivity index is 1.48. The Kier molecular flexibility index (Phi) is 4.88. The van der Waals surface area contributed by atoms with Gasteiger partial charge in [-0.1, -0.05) is 6.07 Å². The molecule has 4 rings (SSSR count). The monoisotopic (exact) mass is 341 g/mol. The number of furan rings is 1. The van der Waals surface area contributed by atoms with Crippen LogP contribution in [-0.2, 0) is 17.8 Å². The van der Waals surface area contributed by atoms with Crippen LogP contribution in [0.15, 0.2) is 41.1 Å². The van der Waals surface area contributed by atoms with Crippen molar-refractivity contribution in [2.75, 3.05) is 20.2 Å². The normalized spacial score (nSPS) is 26.9. The molecular formula is C20H27N3O2. The van der Waals surface area contributed by atoms with Gasteiger partial charge in [-0.05, 0) is 50.6 Å². The van der Waals surface area contributed by atoms with Crippen molar-refractivity contribution in [3.8, 4) is 0 Å². The summed E-state index contributed by atoms with van der Waals surface area (Å²) in [5.41, 5.74) is 1.25. The Morgan fingerprint density at radius 3 is 3.00 bits per heavy atom. The average Bonchev–Trinajstić information content (AvgIpc) is 3.20. The summed E-state index contributed by atoms with van der Waals surface area (Å²) in [5.74, 6) is 2.04. The van der Waals surface area contributed by atoms with Gasteiger partial charge in [0.25, 0.3) is 0 Å². The minimum Gasteiger partial charge on any atom is -0.465 e. The summed E-state index contributed by atoms with van der Waals surface area (Å²) in [6.45, 7) is 5.68. The van der Waals surface area contributed by atoms with Gasteiger partial charge in [0.05, 0.1) is 18.7 Å². The maximum absolute atomic E-state index is 6.22. The van der Waals surface area contributed by atoms with Crippen LogP contribution in [0.5, 0.6) is 0 Å². The second-order valence-corrected chi connectivity index (χ2v) is 7.33. The summed E-state index contributed by atoms with van der Waals surface area (Å²) in [6, 6.07) is 9.18. The van der Waals surface area contributed by atoms with Crippen LogP contribution in [0.4, 0.5) is 0 Å². The van der Waals surface area contributed by atoms with Gasteiger partial charge in [-0.3, -0.25) is 14.8 Å². The van der Waals surface area contributed by atoms with E-state index in [1.165, 1.54) is 12.0 Å². The highest BCUT2D eigenvalue weighted by Crippen LogP contribution is 2.33. The molecule has 0 aromatic carbocycles. The molecule has 0 bridgehead atoms. The van der Waals surface area contributed by atoms with E-state index in [1.807, 2.05) is 31.5 Å². The molecule has 25 heavy (non-hydrogen) atoms. The van der Waals surface area contributed by atoms with Gasteiger partial charge in [0.2, 0.25) is 0 Å². The summed E-state index contributed by atoms with van der Waals surface area (Å²) in [7, 11) is 2.20. The minimum absolute atomic E-state index is 0.284. The lowest BCUT2D eigenvalue weighted by molar-refractivity contribution is -0.0390. The van der Waals surface area contributed by atoms with Crippen molar-refractivity contribution in [3.05, 3.63) is 53.7 Å². The number of pyridine rings is 1. The molecule has 134 valence electrons. The molecule has 2 aliphatic rings. The van der Waals surface area contributed by atoms with Gasteiger partial charge in [-0.2, -0.15) is 0 Å². The number of hydrogen-bond acceptors (Lipinski definition) is 5. The standard InChI is InChI=1S/C20H27N3O2/c1-15-7-8-17(25-15)13-23-14-19(20-18(23)6-4-10-24-20)22(2)12-16-5-3-9-21-11-16/h3,5,7-9,11,18-20H,4,6,10,12-14H2,1-2H3/t18-,19-,20+/m1/s1.